The number of nitrogens with zero attached hydrogens (tertiary/aromatic N) is 2. The summed E-state index contributed by atoms with van der Waals surface area (Å²) in [5.74, 6) is 1.74. The van der Waals surface area contributed by atoms with Gasteiger partial charge in [0.1, 0.15) is 0 Å². The number of rotatable bonds is 6. The van der Waals surface area contributed by atoms with Crippen LogP contribution >= 0.6 is 0 Å². The van der Waals surface area contributed by atoms with Crippen LogP contribution in [0.25, 0.3) is 60.9 Å². The Labute approximate surface area is 296 Å². The molecular formula is C48H32N2O. The molecule has 0 fully saturated rings. The van der Waals surface area contributed by atoms with E-state index in [1.165, 1.54) is 38.5 Å². The predicted molar refractivity (Wildman–Crippen MR) is 212 cm³/mol. The molecule has 0 N–H and O–H groups in total. The van der Waals surface area contributed by atoms with Crippen molar-refractivity contribution in [1.82, 2.24) is 4.57 Å². The molecule has 3 heteroatoms. The molecular weight excluding hydrogens is 621 g/mol. The van der Waals surface area contributed by atoms with Crippen molar-refractivity contribution in [1.29, 1.82) is 0 Å². The zero-order chi connectivity index (χ0) is 33.7. The molecule has 9 aromatic rings. The second-order valence-corrected chi connectivity index (χ2v) is 13.0. The monoisotopic (exact) mass is 652 g/mol. The molecule has 0 unspecified atom stereocenters. The van der Waals surface area contributed by atoms with Crippen molar-refractivity contribution < 1.29 is 4.74 Å². The minimum absolute atomic E-state index is 0.858. The van der Waals surface area contributed by atoms with E-state index in [-0.39, 0.29) is 0 Å². The SMILES string of the molecule is c1ccc(-c2ccc(N(c3ccc(-c4ccccc4)cc3)c3ccc(-c4ccc5c(c4)Oc4cccc6c7ccccc7n-5c46)cc3)cc2)cc1. The van der Waals surface area contributed by atoms with E-state index in [1.54, 1.807) is 0 Å². The van der Waals surface area contributed by atoms with Crippen LogP contribution in [0.2, 0.25) is 0 Å². The Balaban J connectivity index is 1.02. The molecule has 0 radical (unpaired) electrons. The molecule has 240 valence electrons. The van der Waals surface area contributed by atoms with Gasteiger partial charge in [-0.25, -0.2) is 0 Å². The summed E-state index contributed by atoms with van der Waals surface area (Å²) in [6.45, 7) is 0. The summed E-state index contributed by atoms with van der Waals surface area (Å²) in [5.41, 5.74) is 13.7. The first-order chi connectivity index (χ1) is 25.3. The minimum Gasteiger partial charge on any atom is -0.453 e. The van der Waals surface area contributed by atoms with Gasteiger partial charge in [0.05, 0.1) is 16.7 Å². The zero-order valence-electron chi connectivity index (χ0n) is 27.8. The number of hydrogen-bond donors (Lipinski definition) is 0. The predicted octanol–water partition coefficient (Wildman–Crippen LogP) is 13.4. The van der Waals surface area contributed by atoms with Gasteiger partial charge < -0.3 is 14.2 Å². The van der Waals surface area contributed by atoms with Crippen molar-refractivity contribution in [3.8, 4) is 50.6 Å². The van der Waals surface area contributed by atoms with Crippen LogP contribution in [0.4, 0.5) is 17.1 Å². The normalized spacial score (nSPS) is 11.7. The summed E-state index contributed by atoms with van der Waals surface area (Å²) in [6.07, 6.45) is 0. The van der Waals surface area contributed by atoms with Gasteiger partial charge in [0.15, 0.2) is 11.5 Å². The molecule has 0 atom stereocenters. The lowest BCUT2D eigenvalue weighted by Gasteiger charge is -2.26. The summed E-state index contributed by atoms with van der Waals surface area (Å²) in [4.78, 5) is 2.32. The largest absolute Gasteiger partial charge is 0.453 e. The van der Waals surface area contributed by atoms with Crippen molar-refractivity contribution in [3.63, 3.8) is 0 Å². The maximum atomic E-state index is 6.57. The van der Waals surface area contributed by atoms with Gasteiger partial charge in [0.2, 0.25) is 0 Å². The quantitative estimate of drug-likeness (QED) is 0.178. The standard InChI is InChI=1S/C48H32N2O/c1-3-10-33(11-4-1)35-18-25-39(26-19-35)49(40-27-20-36(21-28-40)34-12-5-2-6-13-34)41-29-22-37(23-30-41)38-24-31-45-47(32-38)51-46-17-9-15-43-42-14-7-8-16-44(42)50(45)48(43)46/h1-32H. The molecule has 0 bridgehead atoms. The highest BCUT2D eigenvalue weighted by atomic mass is 16.5. The van der Waals surface area contributed by atoms with Crippen LogP contribution in [0, 0.1) is 0 Å². The van der Waals surface area contributed by atoms with Gasteiger partial charge >= 0.3 is 0 Å². The van der Waals surface area contributed by atoms with E-state index in [4.69, 9.17) is 4.74 Å². The lowest BCUT2D eigenvalue weighted by molar-refractivity contribution is 0.476. The molecule has 0 spiro atoms. The first-order valence-corrected chi connectivity index (χ1v) is 17.3. The number of para-hydroxylation sites is 2. The van der Waals surface area contributed by atoms with Gasteiger partial charge in [-0.15, -0.1) is 0 Å². The van der Waals surface area contributed by atoms with Crippen LogP contribution in [-0.2, 0) is 0 Å². The molecule has 3 nitrogen and oxygen atoms in total. The highest BCUT2D eigenvalue weighted by molar-refractivity contribution is 6.12. The first-order valence-electron chi connectivity index (χ1n) is 17.3. The third-order valence-corrected chi connectivity index (χ3v) is 10.0. The average molecular weight is 653 g/mol. The maximum absolute atomic E-state index is 6.57. The van der Waals surface area contributed by atoms with E-state index >= 15 is 0 Å². The lowest BCUT2D eigenvalue weighted by Crippen LogP contribution is -2.09. The Bertz CT molecular complexity index is 2590. The highest BCUT2D eigenvalue weighted by Crippen LogP contribution is 2.46. The van der Waals surface area contributed by atoms with Crippen LogP contribution < -0.4 is 9.64 Å². The molecule has 0 aliphatic carbocycles. The van der Waals surface area contributed by atoms with Crippen molar-refractivity contribution >= 4 is 38.9 Å². The number of fused-ring (bicyclic) bond motifs is 5. The minimum atomic E-state index is 0.858. The molecule has 8 aromatic carbocycles. The van der Waals surface area contributed by atoms with Crippen LogP contribution in [0.1, 0.15) is 0 Å². The van der Waals surface area contributed by atoms with Crippen molar-refractivity contribution in [2.24, 2.45) is 0 Å². The van der Waals surface area contributed by atoms with E-state index in [0.29, 0.717) is 0 Å². The van der Waals surface area contributed by atoms with Gasteiger partial charge in [0.25, 0.3) is 0 Å². The van der Waals surface area contributed by atoms with E-state index in [9.17, 15) is 0 Å². The van der Waals surface area contributed by atoms with E-state index < -0.39 is 0 Å². The Kier molecular flexibility index (Phi) is 6.81. The zero-order valence-corrected chi connectivity index (χ0v) is 27.8. The summed E-state index contributed by atoms with van der Waals surface area (Å²) in [7, 11) is 0. The Morgan fingerprint density at radius 1 is 0.353 bits per heavy atom. The number of ether oxygens (including phenoxy) is 1. The molecule has 1 aliphatic rings. The molecule has 10 rings (SSSR count). The maximum Gasteiger partial charge on any atom is 0.152 e. The third kappa shape index (κ3) is 4.98. The number of aromatic nitrogens is 1. The molecule has 1 aromatic heterocycles. The third-order valence-electron chi connectivity index (χ3n) is 10.0. The molecule has 51 heavy (non-hydrogen) atoms. The van der Waals surface area contributed by atoms with Crippen molar-refractivity contribution in [2.75, 3.05) is 4.90 Å². The fourth-order valence-corrected chi connectivity index (χ4v) is 7.52. The number of hydrogen-bond acceptors (Lipinski definition) is 2. The summed E-state index contributed by atoms with van der Waals surface area (Å²) >= 11 is 0. The first kappa shape index (κ1) is 29.1. The van der Waals surface area contributed by atoms with Gasteiger partial charge in [-0.3, -0.25) is 0 Å². The summed E-state index contributed by atoms with van der Waals surface area (Å²) in [6, 6.07) is 69.0. The van der Waals surface area contributed by atoms with Crippen LogP contribution in [0.5, 0.6) is 11.5 Å². The molecule has 1 aliphatic heterocycles. The Morgan fingerprint density at radius 2 is 0.824 bits per heavy atom. The summed E-state index contributed by atoms with van der Waals surface area (Å²) < 4.78 is 8.92. The van der Waals surface area contributed by atoms with Crippen LogP contribution in [-0.4, -0.2) is 4.57 Å². The van der Waals surface area contributed by atoms with Gasteiger partial charge in [-0.05, 0) is 94.0 Å². The fourth-order valence-electron chi connectivity index (χ4n) is 7.52. The topological polar surface area (TPSA) is 17.4 Å². The van der Waals surface area contributed by atoms with Crippen molar-refractivity contribution in [2.45, 2.75) is 0 Å². The molecule has 2 heterocycles. The number of anilines is 3. The second kappa shape index (κ2) is 11.9. The second-order valence-electron chi connectivity index (χ2n) is 13.0. The molecule has 0 saturated carbocycles. The van der Waals surface area contributed by atoms with Gasteiger partial charge in [-0.1, -0.05) is 133 Å². The molecule has 0 saturated heterocycles. The summed E-state index contributed by atoms with van der Waals surface area (Å²) in [5, 5.41) is 2.45. The Hall–Kier alpha value is -6.84. The van der Waals surface area contributed by atoms with E-state index in [2.05, 4.69) is 204 Å². The van der Waals surface area contributed by atoms with E-state index in [0.717, 1.165) is 50.9 Å². The van der Waals surface area contributed by atoms with Crippen LogP contribution in [0.3, 0.4) is 0 Å². The van der Waals surface area contributed by atoms with Crippen molar-refractivity contribution in [3.05, 3.63) is 194 Å². The lowest BCUT2D eigenvalue weighted by atomic mass is 10.0. The van der Waals surface area contributed by atoms with Crippen LogP contribution in [0.15, 0.2) is 194 Å². The van der Waals surface area contributed by atoms with E-state index in [1.807, 2.05) is 0 Å². The number of benzene rings is 8. The van der Waals surface area contributed by atoms with Gasteiger partial charge in [-0.2, -0.15) is 0 Å². The average Bonchev–Trinajstić information content (AvgIpc) is 3.55. The smallest absolute Gasteiger partial charge is 0.152 e. The Morgan fingerprint density at radius 3 is 1.41 bits per heavy atom. The fraction of sp³-hybridized carbons (Fsp3) is 0. The van der Waals surface area contributed by atoms with Gasteiger partial charge in [0, 0.05) is 27.8 Å². The molecule has 0 amide bonds. The highest BCUT2D eigenvalue weighted by Gasteiger charge is 2.24.